The van der Waals surface area contributed by atoms with E-state index >= 15 is 0 Å². The molecule has 3 aromatic rings. The zero-order valence-corrected chi connectivity index (χ0v) is 17.6. The summed E-state index contributed by atoms with van der Waals surface area (Å²) in [5, 5.41) is 5.70. The van der Waals surface area contributed by atoms with E-state index in [-0.39, 0.29) is 11.8 Å². The van der Waals surface area contributed by atoms with Crippen LogP contribution < -0.4 is 20.1 Å². The van der Waals surface area contributed by atoms with Crippen molar-refractivity contribution in [1.29, 1.82) is 0 Å². The zero-order chi connectivity index (χ0) is 22.1. The highest BCUT2D eigenvalue weighted by Gasteiger charge is 2.20. The fourth-order valence-corrected chi connectivity index (χ4v) is 2.96. The number of para-hydroxylation sites is 3. The molecule has 0 saturated heterocycles. The van der Waals surface area contributed by atoms with Crippen molar-refractivity contribution in [2.75, 3.05) is 11.9 Å². The summed E-state index contributed by atoms with van der Waals surface area (Å²) in [6.07, 6.45) is -0.822. The van der Waals surface area contributed by atoms with E-state index in [9.17, 15) is 9.59 Å². The first kappa shape index (κ1) is 21.9. The minimum atomic E-state index is -0.822. The molecule has 2 amide bonds. The highest BCUT2D eigenvalue weighted by Crippen LogP contribution is 2.25. The van der Waals surface area contributed by atoms with Crippen LogP contribution in [0.1, 0.15) is 29.8 Å². The van der Waals surface area contributed by atoms with Crippen molar-refractivity contribution >= 4 is 17.5 Å². The van der Waals surface area contributed by atoms with Crippen molar-refractivity contribution in [3.05, 3.63) is 90.0 Å². The van der Waals surface area contributed by atoms with Gasteiger partial charge in [-0.05, 0) is 43.7 Å². The SMILES string of the molecule is CCOc1ccccc1NC(=O)[C@@H](C)Oc1ccccc1C(=O)NCc1ccccc1. The van der Waals surface area contributed by atoms with E-state index in [1.807, 2.05) is 49.4 Å². The third-order valence-electron chi connectivity index (χ3n) is 4.55. The molecule has 0 fully saturated rings. The van der Waals surface area contributed by atoms with Gasteiger partial charge in [0.05, 0.1) is 17.9 Å². The monoisotopic (exact) mass is 418 g/mol. The molecule has 6 nitrogen and oxygen atoms in total. The smallest absolute Gasteiger partial charge is 0.265 e. The second-order valence-electron chi connectivity index (χ2n) is 6.84. The zero-order valence-electron chi connectivity index (χ0n) is 17.6. The van der Waals surface area contributed by atoms with Crippen LogP contribution in [0.2, 0.25) is 0 Å². The Balaban J connectivity index is 1.65. The molecule has 0 aliphatic heterocycles. The van der Waals surface area contributed by atoms with Gasteiger partial charge in [0, 0.05) is 6.54 Å². The number of nitrogens with one attached hydrogen (secondary N) is 2. The summed E-state index contributed by atoms with van der Waals surface area (Å²) in [5.74, 6) is 0.320. The van der Waals surface area contributed by atoms with Crippen LogP contribution >= 0.6 is 0 Å². The van der Waals surface area contributed by atoms with E-state index in [2.05, 4.69) is 10.6 Å². The Labute approximate surface area is 182 Å². The lowest BCUT2D eigenvalue weighted by Crippen LogP contribution is -2.31. The third-order valence-corrected chi connectivity index (χ3v) is 4.55. The molecular formula is C25H26N2O4. The van der Waals surface area contributed by atoms with Gasteiger partial charge in [-0.25, -0.2) is 0 Å². The number of benzene rings is 3. The molecule has 3 aromatic carbocycles. The summed E-state index contributed by atoms with van der Waals surface area (Å²) in [6.45, 7) is 4.41. The highest BCUT2D eigenvalue weighted by molar-refractivity contribution is 5.98. The molecule has 0 radical (unpaired) electrons. The Bertz CT molecular complexity index is 1020. The van der Waals surface area contributed by atoms with Gasteiger partial charge in [0.25, 0.3) is 11.8 Å². The number of carbonyl (C=O) groups is 2. The van der Waals surface area contributed by atoms with Crippen LogP contribution in [-0.4, -0.2) is 24.5 Å². The maximum Gasteiger partial charge on any atom is 0.265 e. The summed E-state index contributed by atoms with van der Waals surface area (Å²) >= 11 is 0. The van der Waals surface area contributed by atoms with Gasteiger partial charge in [-0.2, -0.15) is 0 Å². The predicted molar refractivity (Wildman–Crippen MR) is 120 cm³/mol. The minimum Gasteiger partial charge on any atom is -0.492 e. The van der Waals surface area contributed by atoms with Crippen molar-refractivity contribution in [3.63, 3.8) is 0 Å². The van der Waals surface area contributed by atoms with E-state index in [4.69, 9.17) is 9.47 Å². The molecule has 160 valence electrons. The number of ether oxygens (including phenoxy) is 2. The number of amides is 2. The Hall–Kier alpha value is -3.80. The maximum absolute atomic E-state index is 12.7. The molecule has 0 spiro atoms. The Morgan fingerprint density at radius 1 is 0.871 bits per heavy atom. The van der Waals surface area contributed by atoms with E-state index in [0.717, 1.165) is 5.56 Å². The molecule has 3 rings (SSSR count). The topological polar surface area (TPSA) is 76.7 Å². The summed E-state index contributed by atoms with van der Waals surface area (Å²) < 4.78 is 11.4. The number of anilines is 1. The van der Waals surface area contributed by atoms with Crippen LogP contribution in [-0.2, 0) is 11.3 Å². The van der Waals surface area contributed by atoms with Gasteiger partial charge < -0.3 is 20.1 Å². The average molecular weight is 418 g/mol. The van der Waals surface area contributed by atoms with Crippen LogP contribution in [0.5, 0.6) is 11.5 Å². The standard InChI is InChI=1S/C25H26N2O4/c1-3-30-23-16-10-8-14-21(23)27-24(28)18(2)31-22-15-9-7-13-20(22)25(29)26-17-19-11-5-4-6-12-19/h4-16,18H,3,17H2,1-2H3,(H,26,29)(H,27,28)/t18-/m1/s1. The quantitative estimate of drug-likeness (QED) is 0.539. The van der Waals surface area contributed by atoms with E-state index < -0.39 is 6.10 Å². The van der Waals surface area contributed by atoms with Crippen LogP contribution in [0, 0.1) is 0 Å². The van der Waals surface area contributed by atoms with Crippen LogP contribution in [0.15, 0.2) is 78.9 Å². The largest absolute Gasteiger partial charge is 0.492 e. The second kappa shape index (κ2) is 10.8. The number of hydrogen-bond acceptors (Lipinski definition) is 4. The molecular weight excluding hydrogens is 392 g/mol. The molecule has 0 unspecified atom stereocenters. The summed E-state index contributed by atoms with van der Waals surface area (Å²) in [7, 11) is 0. The lowest BCUT2D eigenvalue weighted by atomic mass is 10.1. The fraction of sp³-hybridized carbons (Fsp3) is 0.200. The van der Waals surface area contributed by atoms with E-state index in [1.54, 1.807) is 43.3 Å². The fourth-order valence-electron chi connectivity index (χ4n) is 2.96. The molecule has 0 bridgehead atoms. The average Bonchev–Trinajstić information content (AvgIpc) is 2.80. The first-order chi connectivity index (χ1) is 15.1. The second-order valence-corrected chi connectivity index (χ2v) is 6.84. The molecule has 0 aromatic heterocycles. The predicted octanol–water partition coefficient (Wildman–Crippen LogP) is 4.42. The first-order valence-electron chi connectivity index (χ1n) is 10.2. The molecule has 1 atom stereocenters. The summed E-state index contributed by atoms with van der Waals surface area (Å²) in [6, 6.07) is 23.7. The lowest BCUT2D eigenvalue weighted by molar-refractivity contribution is -0.122. The van der Waals surface area contributed by atoms with Gasteiger partial charge >= 0.3 is 0 Å². The molecule has 0 saturated carbocycles. The van der Waals surface area contributed by atoms with Gasteiger partial charge in [0.2, 0.25) is 0 Å². The maximum atomic E-state index is 12.7. The lowest BCUT2D eigenvalue weighted by Gasteiger charge is -2.18. The normalized spacial score (nSPS) is 11.3. The molecule has 6 heteroatoms. The van der Waals surface area contributed by atoms with Crippen molar-refractivity contribution in [1.82, 2.24) is 5.32 Å². The van der Waals surface area contributed by atoms with E-state index in [1.165, 1.54) is 0 Å². The minimum absolute atomic E-state index is 0.270. The molecule has 31 heavy (non-hydrogen) atoms. The van der Waals surface area contributed by atoms with Crippen LogP contribution in [0.3, 0.4) is 0 Å². The van der Waals surface area contributed by atoms with Gasteiger partial charge in [-0.1, -0.05) is 54.6 Å². The van der Waals surface area contributed by atoms with Crippen LogP contribution in [0.25, 0.3) is 0 Å². The van der Waals surface area contributed by atoms with Gasteiger partial charge in [0.15, 0.2) is 6.10 Å². The Morgan fingerprint density at radius 2 is 1.52 bits per heavy atom. The van der Waals surface area contributed by atoms with Crippen molar-refractivity contribution in [2.45, 2.75) is 26.5 Å². The van der Waals surface area contributed by atoms with E-state index in [0.29, 0.717) is 35.9 Å². The van der Waals surface area contributed by atoms with Crippen molar-refractivity contribution in [2.24, 2.45) is 0 Å². The van der Waals surface area contributed by atoms with Gasteiger partial charge in [-0.3, -0.25) is 9.59 Å². The summed E-state index contributed by atoms with van der Waals surface area (Å²) in [4.78, 5) is 25.4. The van der Waals surface area contributed by atoms with Gasteiger partial charge in [-0.15, -0.1) is 0 Å². The highest BCUT2D eigenvalue weighted by atomic mass is 16.5. The molecule has 0 aliphatic rings. The van der Waals surface area contributed by atoms with Crippen molar-refractivity contribution in [3.8, 4) is 11.5 Å². The molecule has 0 heterocycles. The number of hydrogen-bond donors (Lipinski definition) is 2. The van der Waals surface area contributed by atoms with Gasteiger partial charge in [0.1, 0.15) is 11.5 Å². The van der Waals surface area contributed by atoms with Crippen molar-refractivity contribution < 1.29 is 19.1 Å². The molecule has 2 N–H and O–H groups in total. The van der Waals surface area contributed by atoms with Crippen LogP contribution in [0.4, 0.5) is 5.69 Å². The third kappa shape index (κ3) is 6.09. The number of carbonyl (C=O) groups excluding carboxylic acids is 2. The number of rotatable bonds is 9. The molecule has 0 aliphatic carbocycles. The summed E-state index contributed by atoms with van der Waals surface area (Å²) in [5.41, 5.74) is 1.93. The Kier molecular flexibility index (Phi) is 7.65. The first-order valence-corrected chi connectivity index (χ1v) is 10.2. The Morgan fingerprint density at radius 3 is 2.26 bits per heavy atom.